The molecular weight excluding hydrogens is 445 g/mol. The lowest BCUT2D eigenvalue weighted by molar-refractivity contribution is -0.117. The van der Waals surface area contributed by atoms with E-state index in [1.165, 1.54) is 12.1 Å². The lowest BCUT2D eigenvalue weighted by Gasteiger charge is -2.10. The number of nitrogens with zero attached hydrogens (tertiary/aromatic N) is 2. The minimum absolute atomic E-state index is 0. The van der Waals surface area contributed by atoms with Crippen molar-refractivity contribution < 1.29 is 10.6 Å². The Balaban J connectivity index is 0.00000289. The van der Waals surface area contributed by atoms with Crippen LogP contribution in [0.1, 0.15) is 24.5 Å². The molecule has 34 heavy (non-hydrogen) atoms. The molecule has 1 aliphatic heterocycles. The Morgan fingerprint density at radius 2 is 2.03 bits per heavy atom. The quantitative estimate of drug-likeness (QED) is 0.509. The van der Waals surface area contributed by atoms with E-state index in [1.54, 1.807) is 30.2 Å². The summed E-state index contributed by atoms with van der Waals surface area (Å²) >= 11 is 1.64. The van der Waals surface area contributed by atoms with E-state index in [1.807, 2.05) is 54.6 Å². The van der Waals surface area contributed by atoms with Gasteiger partial charge in [-0.15, -0.1) is 0 Å². The minimum Gasteiger partial charge on any atom is -0.352 e. The molecule has 170 valence electrons. The van der Waals surface area contributed by atoms with E-state index in [0.29, 0.717) is 36.2 Å². The summed E-state index contributed by atoms with van der Waals surface area (Å²) in [4.78, 5) is 24.1. The smallest absolute Gasteiger partial charge is 0.251 e. The standard InChI is InChI=1S/C28H22FN3OS.H2/c29-22-9-3-7-20(16-22)27-23-10-1-2-11-25(23)34-26-12-4-8-21(17-24(26)32-27)28(33)31-15-13-19-6-5-14-30-18-19;/h1-11,14,16-18H,12-13,15H2,(H,31,33);1H. The highest BCUT2D eigenvalue weighted by molar-refractivity contribution is 8.03. The van der Waals surface area contributed by atoms with Gasteiger partial charge in [0.15, 0.2) is 0 Å². The van der Waals surface area contributed by atoms with Gasteiger partial charge in [0, 0.05) is 46.9 Å². The average molecular weight is 470 g/mol. The van der Waals surface area contributed by atoms with Crippen LogP contribution in [-0.2, 0) is 11.2 Å². The van der Waals surface area contributed by atoms with Crippen molar-refractivity contribution in [3.8, 4) is 0 Å². The van der Waals surface area contributed by atoms with Crippen molar-refractivity contribution >= 4 is 23.4 Å². The number of benzene rings is 2. The number of pyridine rings is 1. The van der Waals surface area contributed by atoms with Gasteiger partial charge in [-0.2, -0.15) is 0 Å². The van der Waals surface area contributed by atoms with Crippen LogP contribution < -0.4 is 5.32 Å². The van der Waals surface area contributed by atoms with Crippen molar-refractivity contribution in [2.24, 2.45) is 4.99 Å². The van der Waals surface area contributed by atoms with Crippen LogP contribution in [0, 0.1) is 5.82 Å². The van der Waals surface area contributed by atoms with Gasteiger partial charge < -0.3 is 5.32 Å². The Morgan fingerprint density at radius 1 is 1.12 bits per heavy atom. The number of aromatic nitrogens is 1. The van der Waals surface area contributed by atoms with Crippen LogP contribution in [0.5, 0.6) is 0 Å². The third-order valence-corrected chi connectivity index (χ3v) is 6.77. The molecule has 0 atom stereocenters. The Morgan fingerprint density at radius 3 is 2.88 bits per heavy atom. The van der Waals surface area contributed by atoms with Crippen molar-refractivity contribution in [2.45, 2.75) is 17.7 Å². The number of carbonyl (C=O) groups is 1. The summed E-state index contributed by atoms with van der Waals surface area (Å²) in [7, 11) is 0. The van der Waals surface area contributed by atoms with Gasteiger partial charge in [-0.3, -0.25) is 9.78 Å². The Kier molecular flexibility index (Phi) is 6.49. The molecule has 1 N–H and O–H groups in total. The van der Waals surface area contributed by atoms with Crippen molar-refractivity contribution in [3.63, 3.8) is 0 Å². The van der Waals surface area contributed by atoms with Crippen LogP contribution in [0.25, 0.3) is 0 Å². The van der Waals surface area contributed by atoms with Crippen molar-refractivity contribution in [1.29, 1.82) is 0 Å². The van der Waals surface area contributed by atoms with Gasteiger partial charge in [-0.1, -0.05) is 60.3 Å². The first-order chi connectivity index (χ1) is 16.7. The summed E-state index contributed by atoms with van der Waals surface area (Å²) in [6, 6.07) is 18.4. The van der Waals surface area contributed by atoms with Gasteiger partial charge in [0.05, 0.1) is 11.4 Å². The Hall–Kier alpha value is -3.77. The number of allylic oxidation sites excluding steroid dienone is 3. The SMILES string of the molecule is O=C(NCCc1cccnc1)C1=CC2=C(CC=C1)Sc1ccccc1C(c1cccc(F)c1)=N2.[HH]. The van der Waals surface area contributed by atoms with E-state index in [9.17, 15) is 9.18 Å². The number of rotatable bonds is 5. The lowest BCUT2D eigenvalue weighted by atomic mass is 10.0. The van der Waals surface area contributed by atoms with Crippen LogP contribution in [0.3, 0.4) is 0 Å². The van der Waals surface area contributed by atoms with Gasteiger partial charge in [0.25, 0.3) is 5.91 Å². The molecule has 1 aliphatic carbocycles. The number of carbonyl (C=O) groups excluding carboxylic acids is 1. The Labute approximate surface area is 203 Å². The molecule has 2 aromatic carbocycles. The highest BCUT2D eigenvalue weighted by Crippen LogP contribution is 2.40. The zero-order valence-electron chi connectivity index (χ0n) is 18.4. The predicted octanol–water partition coefficient (Wildman–Crippen LogP) is 5.87. The second kappa shape index (κ2) is 10.0. The number of aliphatic imine (C=N–C) groups is 1. The van der Waals surface area contributed by atoms with E-state index < -0.39 is 0 Å². The molecule has 3 aromatic rings. The first kappa shape index (κ1) is 22.0. The number of hydrogen-bond acceptors (Lipinski definition) is 4. The maximum atomic E-state index is 14.1. The first-order valence-electron chi connectivity index (χ1n) is 11.1. The summed E-state index contributed by atoms with van der Waals surface area (Å²) in [6.45, 7) is 0.514. The second-order valence-electron chi connectivity index (χ2n) is 7.95. The highest BCUT2D eigenvalue weighted by atomic mass is 32.2. The molecule has 1 aromatic heterocycles. The number of nitrogens with one attached hydrogen (secondary N) is 1. The molecule has 4 nitrogen and oxygen atoms in total. The van der Waals surface area contributed by atoms with E-state index in [4.69, 9.17) is 4.99 Å². The molecule has 5 rings (SSSR count). The maximum Gasteiger partial charge on any atom is 0.251 e. The van der Waals surface area contributed by atoms with Gasteiger partial charge in [0.2, 0.25) is 0 Å². The number of hydrogen-bond donors (Lipinski definition) is 1. The molecule has 0 bridgehead atoms. The van der Waals surface area contributed by atoms with Crippen molar-refractivity contribution in [1.82, 2.24) is 10.3 Å². The predicted molar refractivity (Wildman–Crippen MR) is 136 cm³/mol. The molecule has 0 spiro atoms. The first-order valence-corrected chi connectivity index (χ1v) is 11.9. The van der Waals surface area contributed by atoms with Crippen LogP contribution in [0.2, 0.25) is 0 Å². The molecule has 0 radical (unpaired) electrons. The summed E-state index contributed by atoms with van der Waals surface area (Å²) in [5, 5.41) is 2.99. The van der Waals surface area contributed by atoms with Crippen LogP contribution >= 0.6 is 11.8 Å². The van der Waals surface area contributed by atoms with E-state index in [-0.39, 0.29) is 13.2 Å². The fourth-order valence-corrected chi connectivity index (χ4v) is 4.97. The highest BCUT2D eigenvalue weighted by Gasteiger charge is 2.21. The minimum atomic E-state index is -0.310. The molecule has 2 aliphatic rings. The fraction of sp³-hybridized carbons (Fsp3) is 0.107. The van der Waals surface area contributed by atoms with Gasteiger partial charge in [-0.25, -0.2) is 9.38 Å². The van der Waals surface area contributed by atoms with Crippen LogP contribution in [-0.4, -0.2) is 23.1 Å². The zero-order valence-corrected chi connectivity index (χ0v) is 19.2. The summed E-state index contributed by atoms with van der Waals surface area (Å²) in [5.41, 5.74) is 4.69. The third-order valence-electron chi connectivity index (χ3n) is 5.57. The van der Waals surface area contributed by atoms with Crippen molar-refractivity contribution in [2.75, 3.05) is 6.54 Å². The zero-order chi connectivity index (χ0) is 23.3. The molecule has 2 heterocycles. The third kappa shape index (κ3) is 4.92. The van der Waals surface area contributed by atoms with Gasteiger partial charge in [0.1, 0.15) is 5.82 Å². The maximum absolute atomic E-state index is 14.1. The fourth-order valence-electron chi connectivity index (χ4n) is 3.89. The van der Waals surface area contributed by atoms with Crippen LogP contribution in [0.4, 0.5) is 4.39 Å². The van der Waals surface area contributed by atoms with E-state index in [0.717, 1.165) is 26.6 Å². The molecule has 0 saturated heterocycles. The van der Waals surface area contributed by atoms with Gasteiger partial charge >= 0.3 is 0 Å². The number of fused-ring (bicyclic) bond motifs is 1. The summed E-state index contributed by atoms with van der Waals surface area (Å²) in [5.74, 6) is -0.460. The van der Waals surface area contributed by atoms with Gasteiger partial charge in [-0.05, 0) is 48.7 Å². The molecule has 0 saturated carbocycles. The average Bonchev–Trinajstić information content (AvgIpc) is 3.14. The van der Waals surface area contributed by atoms with E-state index >= 15 is 0 Å². The van der Waals surface area contributed by atoms with Crippen molar-refractivity contribution in [3.05, 3.63) is 130 Å². The number of amides is 1. The normalized spacial score (nSPS) is 14.9. The number of halogens is 1. The lowest BCUT2D eigenvalue weighted by Crippen LogP contribution is -2.26. The number of thioether (sulfide) groups is 1. The molecular formula is C28H24FN3OS. The molecule has 0 fully saturated rings. The summed E-state index contributed by atoms with van der Waals surface area (Å²) in [6.07, 6.45) is 10.6. The Bertz CT molecular complexity index is 1370. The topological polar surface area (TPSA) is 54.4 Å². The molecule has 0 unspecified atom stereocenters. The monoisotopic (exact) mass is 469 g/mol. The summed E-state index contributed by atoms with van der Waals surface area (Å²) < 4.78 is 14.1. The largest absolute Gasteiger partial charge is 0.352 e. The van der Waals surface area contributed by atoms with Crippen LogP contribution in [0.15, 0.2) is 117 Å². The van der Waals surface area contributed by atoms with E-state index in [2.05, 4.69) is 16.4 Å². The molecule has 1 amide bonds. The molecule has 6 heteroatoms. The second-order valence-corrected chi connectivity index (χ2v) is 9.09.